The van der Waals surface area contributed by atoms with Crippen molar-refractivity contribution in [2.45, 2.75) is 13.3 Å². The lowest BCUT2D eigenvalue weighted by Crippen LogP contribution is -2.26. The normalized spacial score (nSPS) is 20.6. The lowest BCUT2D eigenvalue weighted by Gasteiger charge is -2.17. The molecule has 1 fully saturated rings. The van der Waals surface area contributed by atoms with Crippen molar-refractivity contribution in [3.8, 4) is 0 Å². The number of nitrogens with zero attached hydrogens (tertiary/aromatic N) is 3. The fourth-order valence-corrected chi connectivity index (χ4v) is 2.42. The molecule has 1 atom stereocenters. The van der Waals surface area contributed by atoms with Crippen LogP contribution in [0.15, 0.2) is 6.20 Å². The molecule has 0 spiro atoms. The zero-order valence-corrected chi connectivity index (χ0v) is 11.1. The third-order valence-corrected chi connectivity index (χ3v) is 3.74. The zero-order chi connectivity index (χ0) is 11.7. The van der Waals surface area contributed by atoms with Gasteiger partial charge in [-0.05, 0) is 24.4 Å². The molecule has 1 unspecified atom stereocenters. The van der Waals surface area contributed by atoms with E-state index in [0.29, 0.717) is 12.3 Å². The number of aromatic nitrogens is 2. The van der Waals surface area contributed by atoms with E-state index < -0.39 is 0 Å². The predicted octanol–water partition coefficient (Wildman–Crippen LogP) is 2.19. The van der Waals surface area contributed by atoms with E-state index in [9.17, 15) is 4.79 Å². The van der Waals surface area contributed by atoms with Crippen LogP contribution in [-0.2, 0) is 4.79 Å². The molecule has 0 N–H and O–H groups in total. The molecule has 1 saturated heterocycles. The van der Waals surface area contributed by atoms with Gasteiger partial charge in [-0.15, -0.1) is 0 Å². The summed E-state index contributed by atoms with van der Waals surface area (Å²) in [5.74, 6) is 0.487. The minimum atomic E-state index is 0.124. The third kappa shape index (κ3) is 2.20. The second kappa shape index (κ2) is 4.67. The second-order valence-electron chi connectivity index (χ2n) is 3.84. The van der Waals surface area contributed by atoms with Crippen molar-refractivity contribution >= 4 is 39.1 Å². The number of aryl methyl sites for hydroxylation is 1. The van der Waals surface area contributed by atoms with Gasteiger partial charge in [0.25, 0.3) is 0 Å². The highest BCUT2D eigenvalue weighted by atomic mass is 79.9. The van der Waals surface area contributed by atoms with Gasteiger partial charge in [0.1, 0.15) is 0 Å². The standard InChI is InChI=1S/C10H11BrClN3O/c1-6-8(4-13-10(12)14-6)15-5-7(3-11)2-9(15)16/h4,7H,2-3,5H2,1H3. The Hall–Kier alpha value is -0.680. The molecule has 1 amide bonds. The van der Waals surface area contributed by atoms with Crippen molar-refractivity contribution < 1.29 is 4.79 Å². The van der Waals surface area contributed by atoms with Gasteiger partial charge >= 0.3 is 0 Å². The van der Waals surface area contributed by atoms with E-state index in [1.807, 2.05) is 6.92 Å². The third-order valence-electron chi connectivity index (χ3n) is 2.64. The Kier molecular flexibility index (Phi) is 3.44. The molecule has 4 nitrogen and oxygen atoms in total. The number of rotatable bonds is 2. The van der Waals surface area contributed by atoms with Gasteiger partial charge in [-0.25, -0.2) is 9.97 Å². The van der Waals surface area contributed by atoms with Gasteiger partial charge in [-0.2, -0.15) is 0 Å². The van der Waals surface area contributed by atoms with Crippen LogP contribution in [0.25, 0.3) is 0 Å². The maximum Gasteiger partial charge on any atom is 0.227 e. The molecule has 0 aliphatic carbocycles. The molecule has 2 heterocycles. The minimum Gasteiger partial charge on any atom is -0.309 e. The average molecular weight is 305 g/mol. The van der Waals surface area contributed by atoms with Gasteiger partial charge in [0.15, 0.2) is 0 Å². The largest absolute Gasteiger partial charge is 0.309 e. The van der Waals surface area contributed by atoms with E-state index in [0.717, 1.165) is 23.3 Å². The molecule has 1 aliphatic rings. The van der Waals surface area contributed by atoms with Crippen LogP contribution in [0.3, 0.4) is 0 Å². The Morgan fingerprint density at radius 2 is 2.44 bits per heavy atom. The summed E-state index contributed by atoms with van der Waals surface area (Å²) in [6, 6.07) is 0. The van der Waals surface area contributed by atoms with Crippen molar-refractivity contribution in [1.82, 2.24) is 9.97 Å². The lowest BCUT2D eigenvalue weighted by atomic mass is 10.2. The fraction of sp³-hybridized carbons (Fsp3) is 0.500. The van der Waals surface area contributed by atoms with E-state index in [4.69, 9.17) is 11.6 Å². The Balaban J connectivity index is 2.28. The summed E-state index contributed by atoms with van der Waals surface area (Å²) in [6.07, 6.45) is 2.19. The van der Waals surface area contributed by atoms with Gasteiger partial charge in [-0.1, -0.05) is 15.9 Å². The first-order valence-electron chi connectivity index (χ1n) is 4.97. The molecule has 0 radical (unpaired) electrons. The van der Waals surface area contributed by atoms with Crippen molar-refractivity contribution in [3.05, 3.63) is 17.2 Å². The number of carbonyl (C=O) groups excluding carboxylic acids is 1. The van der Waals surface area contributed by atoms with E-state index in [1.54, 1.807) is 11.1 Å². The Morgan fingerprint density at radius 1 is 1.69 bits per heavy atom. The minimum absolute atomic E-state index is 0.124. The van der Waals surface area contributed by atoms with Gasteiger partial charge in [0.2, 0.25) is 11.2 Å². The molecule has 16 heavy (non-hydrogen) atoms. The molecule has 1 aromatic rings. The van der Waals surface area contributed by atoms with E-state index in [2.05, 4.69) is 25.9 Å². The first-order valence-corrected chi connectivity index (χ1v) is 6.47. The first-order chi connectivity index (χ1) is 7.61. The molecule has 0 saturated carbocycles. The number of amides is 1. The number of alkyl halides is 1. The molecular weight excluding hydrogens is 293 g/mol. The molecule has 2 rings (SSSR count). The number of halogens is 2. The number of anilines is 1. The van der Waals surface area contributed by atoms with E-state index in [1.165, 1.54) is 0 Å². The van der Waals surface area contributed by atoms with Crippen molar-refractivity contribution in [3.63, 3.8) is 0 Å². The van der Waals surface area contributed by atoms with Crippen LogP contribution in [-0.4, -0.2) is 27.7 Å². The lowest BCUT2D eigenvalue weighted by molar-refractivity contribution is -0.117. The molecule has 0 bridgehead atoms. The zero-order valence-electron chi connectivity index (χ0n) is 8.78. The van der Waals surface area contributed by atoms with Gasteiger partial charge in [-0.3, -0.25) is 4.79 Å². The SMILES string of the molecule is Cc1nc(Cl)ncc1N1CC(CBr)CC1=O. The van der Waals surface area contributed by atoms with Crippen molar-refractivity contribution in [2.75, 3.05) is 16.8 Å². The molecule has 0 aromatic carbocycles. The molecular formula is C10H11BrClN3O. The Labute approximate surface area is 107 Å². The number of carbonyl (C=O) groups is 1. The van der Waals surface area contributed by atoms with Gasteiger partial charge in [0, 0.05) is 18.3 Å². The summed E-state index contributed by atoms with van der Waals surface area (Å²) in [6.45, 7) is 2.55. The summed E-state index contributed by atoms with van der Waals surface area (Å²) >= 11 is 9.09. The highest BCUT2D eigenvalue weighted by Crippen LogP contribution is 2.27. The summed E-state index contributed by atoms with van der Waals surface area (Å²) in [4.78, 5) is 21.5. The molecule has 1 aliphatic heterocycles. The topological polar surface area (TPSA) is 46.1 Å². The summed E-state index contributed by atoms with van der Waals surface area (Å²) in [7, 11) is 0. The van der Waals surface area contributed by atoms with E-state index in [-0.39, 0.29) is 11.2 Å². The molecule has 6 heteroatoms. The van der Waals surface area contributed by atoms with Crippen molar-refractivity contribution in [1.29, 1.82) is 0 Å². The van der Waals surface area contributed by atoms with Crippen LogP contribution in [0.1, 0.15) is 12.1 Å². The smallest absolute Gasteiger partial charge is 0.227 e. The summed E-state index contributed by atoms with van der Waals surface area (Å²) in [5, 5.41) is 1.05. The average Bonchev–Trinajstić information content (AvgIpc) is 2.60. The van der Waals surface area contributed by atoms with Crippen LogP contribution in [0.4, 0.5) is 5.69 Å². The molecule has 86 valence electrons. The Morgan fingerprint density at radius 3 is 3.00 bits per heavy atom. The maximum atomic E-state index is 11.8. The van der Waals surface area contributed by atoms with Crippen LogP contribution >= 0.6 is 27.5 Å². The second-order valence-corrected chi connectivity index (χ2v) is 4.82. The summed E-state index contributed by atoms with van der Waals surface area (Å²) < 4.78 is 0. The summed E-state index contributed by atoms with van der Waals surface area (Å²) in [5.41, 5.74) is 1.50. The number of hydrogen-bond donors (Lipinski definition) is 0. The quantitative estimate of drug-likeness (QED) is 0.621. The van der Waals surface area contributed by atoms with Crippen LogP contribution in [0.5, 0.6) is 0 Å². The fourth-order valence-electron chi connectivity index (χ4n) is 1.82. The number of hydrogen-bond acceptors (Lipinski definition) is 3. The van der Waals surface area contributed by atoms with Gasteiger partial charge < -0.3 is 4.90 Å². The van der Waals surface area contributed by atoms with Crippen molar-refractivity contribution in [2.24, 2.45) is 5.92 Å². The van der Waals surface area contributed by atoms with Crippen LogP contribution < -0.4 is 4.90 Å². The Bertz CT molecular complexity index is 427. The van der Waals surface area contributed by atoms with Gasteiger partial charge in [0.05, 0.1) is 17.6 Å². The maximum absolute atomic E-state index is 11.8. The highest BCUT2D eigenvalue weighted by Gasteiger charge is 2.31. The highest BCUT2D eigenvalue weighted by molar-refractivity contribution is 9.09. The van der Waals surface area contributed by atoms with Crippen LogP contribution in [0.2, 0.25) is 5.28 Å². The monoisotopic (exact) mass is 303 g/mol. The predicted molar refractivity (Wildman–Crippen MR) is 66.0 cm³/mol. The molecule has 1 aromatic heterocycles. The first kappa shape index (κ1) is 11.8. The van der Waals surface area contributed by atoms with Crippen LogP contribution in [0, 0.1) is 12.8 Å². The van der Waals surface area contributed by atoms with E-state index >= 15 is 0 Å².